The Labute approximate surface area is 80.3 Å². The van der Waals surface area contributed by atoms with Crippen molar-refractivity contribution in [3.05, 3.63) is 0 Å². The van der Waals surface area contributed by atoms with Crippen LogP contribution < -0.4 is 10.6 Å². The van der Waals surface area contributed by atoms with E-state index in [2.05, 4.69) is 10.6 Å². The highest BCUT2D eigenvalue weighted by Crippen LogP contribution is 2.12. The molecule has 2 atom stereocenters. The van der Waals surface area contributed by atoms with Gasteiger partial charge in [-0.1, -0.05) is 11.8 Å². The lowest BCUT2D eigenvalue weighted by atomic mass is 10.3. The molecule has 1 aliphatic heterocycles. The Bertz CT molecular complexity index is 220. The van der Waals surface area contributed by atoms with Gasteiger partial charge in [0.2, 0.25) is 5.91 Å². The van der Waals surface area contributed by atoms with Gasteiger partial charge in [0, 0.05) is 12.3 Å². The molecular formula is C7H12N2O3S. The van der Waals surface area contributed by atoms with Crippen LogP contribution in [0.25, 0.3) is 0 Å². The van der Waals surface area contributed by atoms with E-state index in [1.807, 2.05) is 0 Å². The van der Waals surface area contributed by atoms with E-state index < -0.39 is 12.1 Å². The van der Waals surface area contributed by atoms with Gasteiger partial charge in [-0.3, -0.25) is 9.59 Å². The highest BCUT2D eigenvalue weighted by Gasteiger charge is 2.27. The quantitative estimate of drug-likeness (QED) is 0.568. The number of aliphatic hydroxyl groups is 1. The second kappa shape index (κ2) is 4.48. The molecule has 1 heterocycles. The summed E-state index contributed by atoms with van der Waals surface area (Å²) in [5.74, 6) is 0.226. The molecule has 0 aromatic rings. The van der Waals surface area contributed by atoms with Gasteiger partial charge in [0.1, 0.15) is 6.04 Å². The number of amides is 2. The highest BCUT2D eigenvalue weighted by molar-refractivity contribution is 8.14. The second-order valence-electron chi connectivity index (χ2n) is 2.89. The Balaban J connectivity index is 2.27. The van der Waals surface area contributed by atoms with Gasteiger partial charge >= 0.3 is 0 Å². The molecule has 0 aromatic carbocycles. The van der Waals surface area contributed by atoms with E-state index in [0.717, 1.165) is 11.8 Å². The molecule has 13 heavy (non-hydrogen) atoms. The van der Waals surface area contributed by atoms with Crippen LogP contribution in [0.5, 0.6) is 0 Å². The van der Waals surface area contributed by atoms with Gasteiger partial charge in [-0.2, -0.15) is 0 Å². The number of carbonyl (C=O) groups is 2. The van der Waals surface area contributed by atoms with Crippen LogP contribution in [0.2, 0.25) is 0 Å². The largest absolute Gasteiger partial charge is 0.392 e. The number of aliphatic hydroxyl groups excluding tert-OH is 1. The average molecular weight is 204 g/mol. The van der Waals surface area contributed by atoms with Crippen LogP contribution in [0.15, 0.2) is 0 Å². The Morgan fingerprint density at radius 1 is 1.92 bits per heavy atom. The molecule has 0 radical (unpaired) electrons. The molecule has 74 valence electrons. The molecule has 1 saturated heterocycles. The van der Waals surface area contributed by atoms with Crippen LogP contribution >= 0.6 is 11.8 Å². The van der Waals surface area contributed by atoms with Crippen molar-refractivity contribution in [2.75, 3.05) is 12.3 Å². The topological polar surface area (TPSA) is 78.4 Å². The summed E-state index contributed by atoms with van der Waals surface area (Å²) in [5, 5.41) is 13.8. The van der Waals surface area contributed by atoms with E-state index in [4.69, 9.17) is 5.11 Å². The normalized spacial score (nSPS) is 23.8. The van der Waals surface area contributed by atoms with Gasteiger partial charge in [-0.05, 0) is 6.92 Å². The minimum Gasteiger partial charge on any atom is -0.392 e. The van der Waals surface area contributed by atoms with Gasteiger partial charge in [0.05, 0.1) is 6.10 Å². The Morgan fingerprint density at radius 3 is 3.08 bits per heavy atom. The van der Waals surface area contributed by atoms with Crippen molar-refractivity contribution in [3.63, 3.8) is 0 Å². The number of hydrogen-bond donors (Lipinski definition) is 3. The van der Waals surface area contributed by atoms with Crippen LogP contribution in [0.1, 0.15) is 6.92 Å². The third-order valence-corrected chi connectivity index (χ3v) is 2.44. The maximum Gasteiger partial charge on any atom is 0.279 e. The van der Waals surface area contributed by atoms with Crippen molar-refractivity contribution in [1.82, 2.24) is 10.6 Å². The van der Waals surface area contributed by atoms with Gasteiger partial charge in [-0.15, -0.1) is 0 Å². The van der Waals surface area contributed by atoms with Crippen molar-refractivity contribution in [1.29, 1.82) is 0 Å². The molecule has 1 rings (SSSR count). The smallest absolute Gasteiger partial charge is 0.279 e. The van der Waals surface area contributed by atoms with Gasteiger partial charge in [0.15, 0.2) is 0 Å². The van der Waals surface area contributed by atoms with Crippen molar-refractivity contribution in [2.24, 2.45) is 0 Å². The molecule has 1 aliphatic rings. The van der Waals surface area contributed by atoms with Crippen molar-refractivity contribution < 1.29 is 14.7 Å². The number of nitrogens with one attached hydrogen (secondary N) is 2. The molecule has 0 aromatic heterocycles. The van der Waals surface area contributed by atoms with Crippen LogP contribution in [-0.4, -0.2) is 40.7 Å². The summed E-state index contributed by atoms with van der Waals surface area (Å²) in [5.41, 5.74) is 0. The summed E-state index contributed by atoms with van der Waals surface area (Å²) in [4.78, 5) is 22.0. The lowest BCUT2D eigenvalue weighted by Gasteiger charge is -2.10. The first-order valence-corrected chi connectivity index (χ1v) is 4.97. The molecular weight excluding hydrogens is 192 g/mol. The number of hydrogen-bond acceptors (Lipinski definition) is 4. The Hall–Kier alpha value is -0.750. The summed E-state index contributed by atoms with van der Waals surface area (Å²) in [7, 11) is 0. The standard InChI is InChI=1S/C7H12N2O3S/c1-4(10)2-8-6(11)5-3-13-7(12)9-5/h4-5,10H,2-3H2,1H3,(H,8,11)(H,9,12)/t4-,5?/m1/s1. The molecule has 6 heteroatoms. The fraction of sp³-hybridized carbons (Fsp3) is 0.714. The fourth-order valence-corrected chi connectivity index (χ4v) is 1.68. The molecule has 0 spiro atoms. The number of carbonyl (C=O) groups excluding carboxylic acids is 2. The molecule has 2 amide bonds. The molecule has 1 unspecified atom stereocenters. The van der Waals surface area contributed by atoms with Crippen LogP contribution in [0.3, 0.4) is 0 Å². The summed E-state index contributed by atoms with van der Waals surface area (Å²) in [6.45, 7) is 1.80. The van der Waals surface area contributed by atoms with E-state index in [0.29, 0.717) is 5.75 Å². The minimum absolute atomic E-state index is 0.169. The fourth-order valence-electron chi connectivity index (χ4n) is 0.897. The van der Waals surface area contributed by atoms with Crippen molar-refractivity contribution in [3.8, 4) is 0 Å². The predicted octanol–water partition coefficient (Wildman–Crippen LogP) is -0.692. The minimum atomic E-state index is -0.561. The Morgan fingerprint density at radius 2 is 2.62 bits per heavy atom. The summed E-state index contributed by atoms with van der Waals surface area (Å²) in [6.07, 6.45) is -0.561. The molecule has 5 nitrogen and oxygen atoms in total. The zero-order valence-corrected chi connectivity index (χ0v) is 8.06. The van der Waals surface area contributed by atoms with E-state index >= 15 is 0 Å². The first kappa shape index (κ1) is 10.3. The molecule has 0 saturated carbocycles. The molecule has 0 bridgehead atoms. The third kappa shape index (κ3) is 3.23. The number of thioether (sulfide) groups is 1. The lowest BCUT2D eigenvalue weighted by molar-refractivity contribution is -0.122. The van der Waals surface area contributed by atoms with E-state index in [1.165, 1.54) is 0 Å². The van der Waals surface area contributed by atoms with Gasteiger partial charge < -0.3 is 15.7 Å². The zero-order chi connectivity index (χ0) is 9.84. The maximum absolute atomic E-state index is 11.2. The first-order chi connectivity index (χ1) is 6.09. The number of rotatable bonds is 3. The van der Waals surface area contributed by atoms with E-state index in [-0.39, 0.29) is 17.7 Å². The lowest BCUT2D eigenvalue weighted by Crippen LogP contribution is -2.44. The second-order valence-corrected chi connectivity index (χ2v) is 3.88. The average Bonchev–Trinajstić information content (AvgIpc) is 2.47. The third-order valence-electron chi connectivity index (χ3n) is 1.56. The molecule has 1 fully saturated rings. The van der Waals surface area contributed by atoms with Gasteiger partial charge in [-0.25, -0.2) is 0 Å². The van der Waals surface area contributed by atoms with Gasteiger partial charge in [0.25, 0.3) is 5.24 Å². The Kier molecular flexibility index (Phi) is 3.56. The SMILES string of the molecule is C[C@@H](O)CNC(=O)C1CSC(=O)N1. The predicted molar refractivity (Wildman–Crippen MR) is 49.5 cm³/mol. The first-order valence-electron chi connectivity index (χ1n) is 3.98. The van der Waals surface area contributed by atoms with Crippen molar-refractivity contribution in [2.45, 2.75) is 19.1 Å². The zero-order valence-electron chi connectivity index (χ0n) is 7.24. The van der Waals surface area contributed by atoms with E-state index in [1.54, 1.807) is 6.92 Å². The molecule has 3 N–H and O–H groups in total. The van der Waals surface area contributed by atoms with Crippen LogP contribution in [-0.2, 0) is 4.79 Å². The van der Waals surface area contributed by atoms with Crippen LogP contribution in [0, 0.1) is 0 Å². The maximum atomic E-state index is 11.2. The highest BCUT2D eigenvalue weighted by atomic mass is 32.2. The van der Waals surface area contributed by atoms with Crippen LogP contribution in [0.4, 0.5) is 4.79 Å². The van der Waals surface area contributed by atoms with Crippen molar-refractivity contribution >= 4 is 22.9 Å². The monoisotopic (exact) mass is 204 g/mol. The van der Waals surface area contributed by atoms with E-state index in [9.17, 15) is 9.59 Å². The summed E-state index contributed by atoms with van der Waals surface area (Å²) in [6, 6.07) is -0.448. The summed E-state index contributed by atoms with van der Waals surface area (Å²) >= 11 is 1.09. The molecule has 0 aliphatic carbocycles. The summed E-state index contributed by atoms with van der Waals surface area (Å²) < 4.78 is 0.